The minimum Gasteiger partial charge on any atom is -0.497 e. The highest BCUT2D eigenvalue weighted by molar-refractivity contribution is 5.62. The molecule has 0 saturated carbocycles. The van der Waals surface area contributed by atoms with E-state index in [0.29, 0.717) is 23.2 Å². The second kappa shape index (κ2) is 9.49. The fraction of sp³-hybridized carbons (Fsp3) is 0.318. The van der Waals surface area contributed by atoms with Crippen LogP contribution >= 0.6 is 0 Å². The van der Waals surface area contributed by atoms with E-state index < -0.39 is 6.36 Å². The van der Waals surface area contributed by atoms with Crippen LogP contribution in [-0.2, 0) is 0 Å². The van der Waals surface area contributed by atoms with Crippen molar-refractivity contribution in [1.29, 1.82) is 0 Å². The summed E-state index contributed by atoms with van der Waals surface area (Å²) < 4.78 is 46.4. The van der Waals surface area contributed by atoms with Crippen molar-refractivity contribution in [2.45, 2.75) is 6.36 Å². The summed E-state index contributed by atoms with van der Waals surface area (Å²) in [5.74, 6) is 1.70. The molecule has 1 fully saturated rings. The lowest BCUT2D eigenvalue weighted by Gasteiger charge is -2.32. The number of aromatic nitrogens is 3. The molecular formula is C22H23F3N6O2. The number of likely N-dealkylation sites (N-methyl/N-ethyl adjacent to an activating group) is 1. The van der Waals surface area contributed by atoms with Crippen LogP contribution < -0.4 is 19.7 Å². The summed E-state index contributed by atoms with van der Waals surface area (Å²) in [7, 11) is 3.66. The Bertz CT molecular complexity index is 1070. The fourth-order valence-corrected chi connectivity index (χ4v) is 3.31. The van der Waals surface area contributed by atoms with Crippen LogP contribution in [0.15, 0.2) is 48.5 Å². The molecule has 0 radical (unpaired) electrons. The van der Waals surface area contributed by atoms with Gasteiger partial charge in [-0.05, 0) is 55.6 Å². The maximum Gasteiger partial charge on any atom is 0.573 e. The zero-order chi connectivity index (χ0) is 23.4. The summed E-state index contributed by atoms with van der Waals surface area (Å²) in [6.07, 6.45) is -4.74. The van der Waals surface area contributed by atoms with E-state index in [-0.39, 0.29) is 11.7 Å². The Kier molecular flexibility index (Phi) is 6.50. The van der Waals surface area contributed by atoms with Crippen molar-refractivity contribution in [3.05, 3.63) is 48.5 Å². The summed E-state index contributed by atoms with van der Waals surface area (Å²) >= 11 is 0. The molecule has 1 aromatic heterocycles. The second-order valence-corrected chi connectivity index (χ2v) is 7.50. The molecular weight excluding hydrogens is 437 g/mol. The molecule has 0 spiro atoms. The van der Waals surface area contributed by atoms with Crippen molar-refractivity contribution in [3.8, 4) is 22.9 Å². The first-order valence-electron chi connectivity index (χ1n) is 10.3. The number of hydrogen-bond acceptors (Lipinski definition) is 8. The molecule has 2 heterocycles. The number of piperazine rings is 1. The molecule has 0 aliphatic carbocycles. The molecule has 1 aliphatic heterocycles. The number of benzene rings is 2. The van der Waals surface area contributed by atoms with E-state index >= 15 is 0 Å². The predicted molar refractivity (Wildman–Crippen MR) is 118 cm³/mol. The third kappa shape index (κ3) is 6.01. The van der Waals surface area contributed by atoms with Gasteiger partial charge in [-0.3, -0.25) is 0 Å². The molecule has 2 aromatic carbocycles. The van der Waals surface area contributed by atoms with Crippen molar-refractivity contribution >= 4 is 17.6 Å². The molecule has 3 aromatic rings. The first-order valence-corrected chi connectivity index (χ1v) is 10.3. The van der Waals surface area contributed by atoms with Crippen molar-refractivity contribution in [1.82, 2.24) is 19.9 Å². The lowest BCUT2D eigenvalue weighted by molar-refractivity contribution is -0.274. The van der Waals surface area contributed by atoms with Gasteiger partial charge in [-0.2, -0.15) is 15.0 Å². The first-order chi connectivity index (χ1) is 15.8. The van der Waals surface area contributed by atoms with Gasteiger partial charge in [-0.15, -0.1) is 13.2 Å². The highest BCUT2D eigenvalue weighted by atomic mass is 19.4. The van der Waals surface area contributed by atoms with Crippen LogP contribution in [0.5, 0.6) is 11.5 Å². The van der Waals surface area contributed by atoms with E-state index in [1.807, 2.05) is 24.3 Å². The van der Waals surface area contributed by atoms with Crippen LogP contribution in [0.1, 0.15) is 0 Å². The van der Waals surface area contributed by atoms with E-state index in [1.165, 1.54) is 24.3 Å². The third-order valence-electron chi connectivity index (χ3n) is 5.10. The lowest BCUT2D eigenvalue weighted by Crippen LogP contribution is -2.45. The van der Waals surface area contributed by atoms with E-state index in [9.17, 15) is 13.2 Å². The number of hydrogen-bond donors (Lipinski definition) is 1. The molecule has 174 valence electrons. The predicted octanol–water partition coefficient (Wildman–Crippen LogP) is 3.94. The van der Waals surface area contributed by atoms with Gasteiger partial charge in [0.2, 0.25) is 11.9 Å². The monoisotopic (exact) mass is 460 g/mol. The fourth-order valence-electron chi connectivity index (χ4n) is 3.31. The van der Waals surface area contributed by atoms with Gasteiger partial charge in [-0.25, -0.2) is 0 Å². The summed E-state index contributed by atoms with van der Waals surface area (Å²) in [6.45, 7) is 3.30. The maximum absolute atomic E-state index is 12.4. The Balaban J connectivity index is 1.62. The molecule has 1 saturated heterocycles. The van der Waals surface area contributed by atoms with Gasteiger partial charge in [0.1, 0.15) is 11.5 Å². The molecule has 0 amide bonds. The molecule has 0 atom stereocenters. The second-order valence-electron chi connectivity index (χ2n) is 7.50. The summed E-state index contributed by atoms with van der Waals surface area (Å²) in [4.78, 5) is 18.1. The molecule has 33 heavy (non-hydrogen) atoms. The molecule has 0 unspecified atom stereocenters. The summed E-state index contributed by atoms with van der Waals surface area (Å²) in [5, 5.41) is 3.05. The Morgan fingerprint density at radius 3 is 2.09 bits per heavy atom. The molecule has 8 nitrogen and oxygen atoms in total. The molecule has 4 rings (SSSR count). The van der Waals surface area contributed by atoms with Crippen LogP contribution in [0.4, 0.5) is 30.8 Å². The smallest absolute Gasteiger partial charge is 0.497 e. The SMILES string of the molecule is COc1ccc(-c2nc(Nc3ccc(OC(F)(F)F)cc3)nc(N3CCN(C)CC3)n2)cc1. The Hall–Kier alpha value is -3.60. The third-order valence-corrected chi connectivity index (χ3v) is 5.10. The van der Waals surface area contributed by atoms with E-state index in [2.05, 4.69) is 41.9 Å². The lowest BCUT2D eigenvalue weighted by atomic mass is 10.2. The zero-order valence-electron chi connectivity index (χ0n) is 18.1. The normalized spacial score (nSPS) is 14.8. The van der Waals surface area contributed by atoms with Crippen molar-refractivity contribution in [2.24, 2.45) is 0 Å². The number of anilines is 3. The van der Waals surface area contributed by atoms with Crippen LogP contribution in [0.25, 0.3) is 11.4 Å². The van der Waals surface area contributed by atoms with Gasteiger partial charge in [0.05, 0.1) is 7.11 Å². The number of rotatable bonds is 6. The highest BCUT2D eigenvalue weighted by Gasteiger charge is 2.31. The Morgan fingerprint density at radius 2 is 1.48 bits per heavy atom. The topological polar surface area (TPSA) is 75.6 Å². The highest BCUT2D eigenvalue weighted by Crippen LogP contribution is 2.27. The van der Waals surface area contributed by atoms with E-state index in [1.54, 1.807) is 7.11 Å². The zero-order valence-corrected chi connectivity index (χ0v) is 18.1. The largest absolute Gasteiger partial charge is 0.573 e. The number of halogens is 3. The molecule has 1 N–H and O–H groups in total. The van der Waals surface area contributed by atoms with Crippen LogP contribution in [0.3, 0.4) is 0 Å². The maximum atomic E-state index is 12.4. The number of alkyl halides is 3. The molecule has 1 aliphatic rings. The van der Waals surface area contributed by atoms with Crippen molar-refractivity contribution < 1.29 is 22.6 Å². The van der Waals surface area contributed by atoms with Crippen molar-refractivity contribution in [2.75, 3.05) is 50.6 Å². The van der Waals surface area contributed by atoms with Gasteiger partial charge in [0, 0.05) is 37.4 Å². The van der Waals surface area contributed by atoms with Gasteiger partial charge in [0.15, 0.2) is 5.82 Å². The van der Waals surface area contributed by atoms with Gasteiger partial charge >= 0.3 is 6.36 Å². The average molecular weight is 460 g/mol. The summed E-state index contributed by atoms with van der Waals surface area (Å²) in [5.41, 5.74) is 1.30. The number of nitrogens with one attached hydrogen (secondary N) is 1. The number of methoxy groups -OCH3 is 1. The van der Waals surface area contributed by atoms with Crippen LogP contribution in [0, 0.1) is 0 Å². The molecule has 11 heteroatoms. The minimum atomic E-state index is -4.74. The standard InChI is InChI=1S/C22H23F3N6O2/c1-30-11-13-31(14-12-30)21-28-19(15-3-7-17(32-2)8-4-15)27-20(29-21)26-16-5-9-18(10-6-16)33-22(23,24)25/h3-10H,11-14H2,1-2H3,(H,26,27,28,29). The van der Waals surface area contributed by atoms with Crippen molar-refractivity contribution in [3.63, 3.8) is 0 Å². The van der Waals surface area contributed by atoms with Gasteiger partial charge in [-0.1, -0.05) is 0 Å². The number of nitrogens with zero attached hydrogens (tertiary/aromatic N) is 5. The van der Waals surface area contributed by atoms with E-state index in [0.717, 1.165) is 31.7 Å². The van der Waals surface area contributed by atoms with E-state index in [4.69, 9.17) is 4.74 Å². The molecule has 0 bridgehead atoms. The first kappa shape index (κ1) is 22.6. The number of ether oxygens (including phenoxy) is 2. The Morgan fingerprint density at radius 1 is 0.848 bits per heavy atom. The average Bonchev–Trinajstić information content (AvgIpc) is 2.80. The van der Waals surface area contributed by atoms with Crippen LogP contribution in [-0.4, -0.2) is 66.6 Å². The van der Waals surface area contributed by atoms with Gasteiger partial charge < -0.3 is 24.6 Å². The van der Waals surface area contributed by atoms with Crippen LogP contribution in [0.2, 0.25) is 0 Å². The van der Waals surface area contributed by atoms with Gasteiger partial charge in [0.25, 0.3) is 0 Å². The quantitative estimate of drug-likeness (QED) is 0.593. The Labute approximate surface area is 189 Å². The summed E-state index contributed by atoms with van der Waals surface area (Å²) in [6, 6.07) is 12.7. The minimum absolute atomic E-state index is 0.286.